The van der Waals surface area contributed by atoms with Crippen molar-refractivity contribution in [3.8, 4) is 0 Å². The first-order valence-electron chi connectivity index (χ1n) is 3.44. The van der Waals surface area contributed by atoms with Gasteiger partial charge in [-0.05, 0) is 18.3 Å². The van der Waals surface area contributed by atoms with E-state index in [0.29, 0.717) is 11.5 Å². The summed E-state index contributed by atoms with van der Waals surface area (Å²) in [5, 5.41) is 0. The Labute approximate surface area is 51.3 Å². The molecule has 1 nitrogen and oxygen atoms in total. The van der Waals surface area contributed by atoms with Crippen molar-refractivity contribution in [2.45, 2.75) is 39.2 Å². The smallest absolute Gasteiger partial charge is 0.00992 e. The van der Waals surface area contributed by atoms with Gasteiger partial charge in [0.15, 0.2) is 0 Å². The third-order valence-corrected chi connectivity index (χ3v) is 2.24. The molecule has 1 rings (SSSR count). The van der Waals surface area contributed by atoms with Gasteiger partial charge in [0.25, 0.3) is 0 Å². The van der Waals surface area contributed by atoms with Crippen LogP contribution in [0.5, 0.6) is 0 Å². The third kappa shape index (κ3) is 0.873. The van der Waals surface area contributed by atoms with Crippen molar-refractivity contribution < 1.29 is 0 Å². The van der Waals surface area contributed by atoms with E-state index in [0.717, 1.165) is 0 Å². The van der Waals surface area contributed by atoms with E-state index in [1.165, 1.54) is 19.3 Å². The van der Waals surface area contributed by atoms with Crippen LogP contribution >= 0.6 is 0 Å². The van der Waals surface area contributed by atoms with Crippen LogP contribution in [0.1, 0.15) is 33.1 Å². The third-order valence-electron chi connectivity index (χ3n) is 2.24. The highest BCUT2D eigenvalue weighted by atomic mass is 14.8. The van der Waals surface area contributed by atoms with Gasteiger partial charge in [-0.2, -0.15) is 0 Å². The zero-order valence-corrected chi connectivity index (χ0v) is 5.78. The SMILES string of the molecule is CCCC1(C)CC1N. The number of hydrogen-bond acceptors (Lipinski definition) is 1. The van der Waals surface area contributed by atoms with E-state index >= 15 is 0 Å². The number of hydrogen-bond donors (Lipinski definition) is 1. The van der Waals surface area contributed by atoms with Crippen LogP contribution in [0.25, 0.3) is 0 Å². The van der Waals surface area contributed by atoms with Gasteiger partial charge < -0.3 is 5.73 Å². The fourth-order valence-corrected chi connectivity index (χ4v) is 1.30. The van der Waals surface area contributed by atoms with Crippen LogP contribution in [-0.2, 0) is 0 Å². The van der Waals surface area contributed by atoms with E-state index < -0.39 is 0 Å². The lowest BCUT2D eigenvalue weighted by atomic mass is 10.0. The average Bonchev–Trinajstić information content (AvgIpc) is 2.16. The number of nitrogens with two attached hydrogens (primary N) is 1. The first-order valence-corrected chi connectivity index (χ1v) is 3.44. The highest BCUT2D eigenvalue weighted by Crippen LogP contribution is 2.47. The summed E-state index contributed by atoms with van der Waals surface area (Å²) in [6, 6.07) is 0.516. The maximum absolute atomic E-state index is 5.69. The molecule has 0 radical (unpaired) electrons. The lowest BCUT2D eigenvalue weighted by Gasteiger charge is -2.04. The zero-order chi connectivity index (χ0) is 6.20. The van der Waals surface area contributed by atoms with Crippen molar-refractivity contribution in [3.05, 3.63) is 0 Å². The molecule has 0 bridgehead atoms. The standard InChI is InChI=1S/C7H15N/c1-3-4-7(2)5-6(7)8/h6H,3-5,8H2,1-2H3. The molecule has 0 aromatic carbocycles. The Morgan fingerprint density at radius 1 is 1.75 bits per heavy atom. The lowest BCUT2D eigenvalue weighted by molar-refractivity contribution is 0.489. The van der Waals surface area contributed by atoms with Gasteiger partial charge in [0.1, 0.15) is 0 Å². The summed E-state index contributed by atoms with van der Waals surface area (Å²) in [5.74, 6) is 0. The molecule has 0 aromatic rings. The van der Waals surface area contributed by atoms with Gasteiger partial charge in [0.05, 0.1) is 0 Å². The molecule has 1 heteroatoms. The molecule has 0 aliphatic heterocycles. The largest absolute Gasteiger partial charge is 0.327 e. The molecule has 1 aliphatic rings. The normalized spacial score (nSPS) is 44.6. The van der Waals surface area contributed by atoms with Crippen LogP contribution in [0.3, 0.4) is 0 Å². The Kier molecular flexibility index (Phi) is 1.31. The van der Waals surface area contributed by atoms with Crippen molar-refractivity contribution in [1.82, 2.24) is 0 Å². The van der Waals surface area contributed by atoms with Crippen LogP contribution in [-0.4, -0.2) is 6.04 Å². The molecule has 48 valence electrons. The molecule has 0 amide bonds. The van der Waals surface area contributed by atoms with Crippen molar-refractivity contribution in [3.63, 3.8) is 0 Å². The Hall–Kier alpha value is -0.0400. The molecule has 2 atom stereocenters. The van der Waals surface area contributed by atoms with Crippen LogP contribution < -0.4 is 5.73 Å². The summed E-state index contributed by atoms with van der Waals surface area (Å²) in [6.07, 6.45) is 3.85. The van der Waals surface area contributed by atoms with Gasteiger partial charge in [-0.25, -0.2) is 0 Å². The van der Waals surface area contributed by atoms with Crippen LogP contribution in [0.4, 0.5) is 0 Å². The Balaban J connectivity index is 2.25. The molecule has 8 heavy (non-hydrogen) atoms. The molecule has 1 saturated carbocycles. The van der Waals surface area contributed by atoms with E-state index in [2.05, 4.69) is 13.8 Å². The van der Waals surface area contributed by atoms with E-state index in [4.69, 9.17) is 5.73 Å². The van der Waals surface area contributed by atoms with Crippen LogP contribution in [0.2, 0.25) is 0 Å². The topological polar surface area (TPSA) is 26.0 Å². The molecule has 1 aliphatic carbocycles. The molecule has 2 N–H and O–H groups in total. The minimum atomic E-state index is 0.516. The van der Waals surface area contributed by atoms with Gasteiger partial charge in [-0.15, -0.1) is 0 Å². The second kappa shape index (κ2) is 1.73. The lowest BCUT2D eigenvalue weighted by Crippen LogP contribution is -2.09. The monoisotopic (exact) mass is 113 g/mol. The first kappa shape index (κ1) is 6.09. The fraction of sp³-hybridized carbons (Fsp3) is 1.00. The van der Waals surface area contributed by atoms with Crippen molar-refractivity contribution >= 4 is 0 Å². The van der Waals surface area contributed by atoms with E-state index in [1.807, 2.05) is 0 Å². The summed E-state index contributed by atoms with van der Waals surface area (Å²) < 4.78 is 0. The average molecular weight is 113 g/mol. The molecular formula is C7H15N. The van der Waals surface area contributed by atoms with Crippen molar-refractivity contribution in [1.29, 1.82) is 0 Å². The van der Waals surface area contributed by atoms with Gasteiger partial charge >= 0.3 is 0 Å². The maximum Gasteiger partial charge on any atom is 0.00992 e. The zero-order valence-electron chi connectivity index (χ0n) is 5.78. The Morgan fingerprint density at radius 3 is 2.38 bits per heavy atom. The molecule has 2 unspecified atom stereocenters. The summed E-state index contributed by atoms with van der Waals surface area (Å²) in [5.41, 5.74) is 6.22. The van der Waals surface area contributed by atoms with E-state index in [1.54, 1.807) is 0 Å². The van der Waals surface area contributed by atoms with Crippen molar-refractivity contribution in [2.24, 2.45) is 11.1 Å². The van der Waals surface area contributed by atoms with Gasteiger partial charge in [-0.1, -0.05) is 20.3 Å². The summed E-state index contributed by atoms with van der Waals surface area (Å²) in [7, 11) is 0. The minimum Gasteiger partial charge on any atom is -0.327 e. The Bertz CT molecular complexity index is 90.4. The number of rotatable bonds is 2. The fourth-order valence-electron chi connectivity index (χ4n) is 1.30. The summed E-state index contributed by atoms with van der Waals surface area (Å²) >= 11 is 0. The molecule has 0 heterocycles. The second-order valence-corrected chi connectivity index (χ2v) is 3.21. The molecule has 0 saturated heterocycles. The predicted octanol–water partition coefficient (Wildman–Crippen LogP) is 1.52. The van der Waals surface area contributed by atoms with Gasteiger partial charge in [-0.3, -0.25) is 0 Å². The molecule has 0 aromatic heterocycles. The van der Waals surface area contributed by atoms with Gasteiger partial charge in [0, 0.05) is 6.04 Å². The van der Waals surface area contributed by atoms with Crippen LogP contribution in [0, 0.1) is 5.41 Å². The molecular weight excluding hydrogens is 98.1 g/mol. The highest BCUT2D eigenvalue weighted by Gasteiger charge is 2.45. The minimum absolute atomic E-state index is 0.516. The predicted molar refractivity (Wildman–Crippen MR) is 35.6 cm³/mol. The highest BCUT2D eigenvalue weighted by molar-refractivity contribution is 5.01. The van der Waals surface area contributed by atoms with E-state index in [-0.39, 0.29) is 0 Å². The Morgan fingerprint density at radius 2 is 2.25 bits per heavy atom. The van der Waals surface area contributed by atoms with Crippen molar-refractivity contribution in [2.75, 3.05) is 0 Å². The van der Waals surface area contributed by atoms with Crippen LogP contribution in [0.15, 0.2) is 0 Å². The quantitative estimate of drug-likeness (QED) is 0.577. The second-order valence-electron chi connectivity index (χ2n) is 3.21. The molecule has 0 spiro atoms. The van der Waals surface area contributed by atoms with Gasteiger partial charge in [0.2, 0.25) is 0 Å². The molecule has 1 fully saturated rings. The maximum atomic E-state index is 5.69. The first-order chi connectivity index (χ1) is 3.69. The summed E-state index contributed by atoms with van der Waals surface area (Å²) in [6.45, 7) is 4.50. The van der Waals surface area contributed by atoms with E-state index in [9.17, 15) is 0 Å². The summed E-state index contributed by atoms with van der Waals surface area (Å²) in [4.78, 5) is 0.